The van der Waals surface area contributed by atoms with Crippen LogP contribution in [0, 0.1) is 0 Å². The number of para-hydroxylation sites is 2. The summed E-state index contributed by atoms with van der Waals surface area (Å²) in [4.78, 5) is 25.0. The maximum atomic E-state index is 12.9. The van der Waals surface area contributed by atoms with Crippen molar-refractivity contribution >= 4 is 11.9 Å². The van der Waals surface area contributed by atoms with Crippen molar-refractivity contribution in [1.29, 1.82) is 0 Å². The van der Waals surface area contributed by atoms with E-state index in [9.17, 15) is 9.59 Å². The molecular weight excluding hydrogens is 358 g/mol. The average Bonchev–Trinajstić information content (AvgIpc) is 3.25. The van der Waals surface area contributed by atoms with E-state index >= 15 is 0 Å². The largest absolute Gasteiger partial charge is 0.467 e. The molecule has 6 heteroatoms. The fraction of sp³-hybridized carbons (Fsp3) is 0.182. The zero-order valence-electron chi connectivity index (χ0n) is 15.3. The molecule has 0 aliphatic carbocycles. The van der Waals surface area contributed by atoms with E-state index in [0.29, 0.717) is 17.3 Å². The summed E-state index contributed by atoms with van der Waals surface area (Å²) in [5, 5.41) is 2.74. The van der Waals surface area contributed by atoms with Gasteiger partial charge in [0, 0.05) is 11.1 Å². The first kappa shape index (κ1) is 17.9. The molecule has 1 N–H and O–H groups in total. The summed E-state index contributed by atoms with van der Waals surface area (Å²) in [7, 11) is 0. The van der Waals surface area contributed by atoms with Gasteiger partial charge in [-0.2, -0.15) is 0 Å². The van der Waals surface area contributed by atoms with Crippen molar-refractivity contribution in [2.24, 2.45) is 0 Å². The topological polar surface area (TPSA) is 77.8 Å². The SMILES string of the molecule is C[C@H](NC(=O)COC(=O)C1c2ccccc2Oc2ccccc21)c1ccco1. The van der Waals surface area contributed by atoms with Gasteiger partial charge in [0.2, 0.25) is 0 Å². The van der Waals surface area contributed by atoms with Crippen LogP contribution in [0.15, 0.2) is 71.3 Å². The van der Waals surface area contributed by atoms with Crippen LogP contribution in [0.1, 0.15) is 35.8 Å². The molecule has 1 aliphatic heterocycles. The standard InChI is InChI=1S/C22H19NO5/c1-14(17-11-6-12-26-17)23-20(24)13-27-22(25)21-15-7-2-4-9-18(15)28-19-10-5-3-8-16(19)21/h2-12,14,21H,13H2,1H3,(H,23,24)/t14-/m0/s1. The number of hydrogen-bond acceptors (Lipinski definition) is 5. The lowest BCUT2D eigenvalue weighted by Gasteiger charge is -2.26. The highest BCUT2D eigenvalue weighted by Gasteiger charge is 2.33. The van der Waals surface area contributed by atoms with E-state index in [1.165, 1.54) is 6.26 Å². The van der Waals surface area contributed by atoms with Gasteiger partial charge in [-0.1, -0.05) is 36.4 Å². The Balaban J connectivity index is 1.47. The summed E-state index contributed by atoms with van der Waals surface area (Å²) in [5.41, 5.74) is 1.44. The maximum absolute atomic E-state index is 12.9. The van der Waals surface area contributed by atoms with Crippen LogP contribution in [-0.4, -0.2) is 18.5 Å². The van der Waals surface area contributed by atoms with E-state index in [4.69, 9.17) is 13.9 Å². The van der Waals surface area contributed by atoms with Crippen LogP contribution in [0.25, 0.3) is 0 Å². The van der Waals surface area contributed by atoms with Crippen LogP contribution in [0.5, 0.6) is 11.5 Å². The number of hydrogen-bond donors (Lipinski definition) is 1. The highest BCUT2D eigenvalue weighted by atomic mass is 16.5. The molecule has 0 radical (unpaired) electrons. The van der Waals surface area contributed by atoms with Gasteiger partial charge in [0.15, 0.2) is 6.61 Å². The van der Waals surface area contributed by atoms with E-state index in [0.717, 1.165) is 11.1 Å². The van der Waals surface area contributed by atoms with E-state index in [-0.39, 0.29) is 12.6 Å². The van der Waals surface area contributed by atoms with E-state index in [2.05, 4.69) is 5.32 Å². The number of amides is 1. The summed E-state index contributed by atoms with van der Waals surface area (Å²) in [6.45, 7) is 1.43. The summed E-state index contributed by atoms with van der Waals surface area (Å²) in [6, 6.07) is 17.9. The number of furan rings is 1. The number of carbonyl (C=O) groups is 2. The molecule has 0 unspecified atom stereocenters. The predicted molar refractivity (Wildman–Crippen MR) is 101 cm³/mol. The number of benzene rings is 2. The number of fused-ring (bicyclic) bond motifs is 2. The van der Waals surface area contributed by atoms with Gasteiger partial charge in [0.05, 0.1) is 12.3 Å². The van der Waals surface area contributed by atoms with Crippen molar-refractivity contribution < 1.29 is 23.5 Å². The Morgan fingerprint density at radius 1 is 1.00 bits per heavy atom. The Bertz CT molecular complexity index is 950. The van der Waals surface area contributed by atoms with Crippen molar-refractivity contribution in [3.63, 3.8) is 0 Å². The van der Waals surface area contributed by atoms with Crippen LogP contribution in [0.3, 0.4) is 0 Å². The molecule has 0 bridgehead atoms. The lowest BCUT2D eigenvalue weighted by Crippen LogP contribution is -2.32. The van der Waals surface area contributed by atoms with Crippen LogP contribution < -0.4 is 10.1 Å². The van der Waals surface area contributed by atoms with Gasteiger partial charge in [-0.3, -0.25) is 9.59 Å². The van der Waals surface area contributed by atoms with Gasteiger partial charge in [-0.25, -0.2) is 0 Å². The molecule has 1 aliphatic rings. The highest BCUT2D eigenvalue weighted by Crippen LogP contribution is 2.44. The Hall–Kier alpha value is -3.54. The first-order valence-electron chi connectivity index (χ1n) is 8.98. The van der Waals surface area contributed by atoms with Crippen LogP contribution in [-0.2, 0) is 14.3 Å². The maximum Gasteiger partial charge on any atom is 0.318 e. The summed E-state index contributed by atoms with van der Waals surface area (Å²) < 4.78 is 16.5. The van der Waals surface area contributed by atoms with Gasteiger partial charge in [-0.05, 0) is 31.2 Å². The van der Waals surface area contributed by atoms with Gasteiger partial charge >= 0.3 is 5.97 Å². The average molecular weight is 377 g/mol. The van der Waals surface area contributed by atoms with Crippen molar-refractivity contribution in [3.05, 3.63) is 83.8 Å². The number of carbonyl (C=O) groups excluding carboxylic acids is 2. The quantitative estimate of drug-likeness (QED) is 0.682. The highest BCUT2D eigenvalue weighted by molar-refractivity contribution is 5.87. The molecule has 1 amide bonds. The monoisotopic (exact) mass is 377 g/mol. The third-order valence-corrected chi connectivity index (χ3v) is 4.61. The molecule has 3 aromatic rings. The molecule has 0 fully saturated rings. The van der Waals surface area contributed by atoms with Gasteiger partial charge < -0.3 is 19.2 Å². The minimum absolute atomic E-state index is 0.314. The molecule has 2 aromatic carbocycles. The second-order valence-electron chi connectivity index (χ2n) is 6.52. The minimum Gasteiger partial charge on any atom is -0.467 e. The summed E-state index contributed by atoms with van der Waals surface area (Å²) >= 11 is 0. The smallest absolute Gasteiger partial charge is 0.318 e. The van der Waals surface area contributed by atoms with Gasteiger partial charge in [0.1, 0.15) is 23.2 Å². The minimum atomic E-state index is -0.642. The molecule has 6 nitrogen and oxygen atoms in total. The fourth-order valence-corrected chi connectivity index (χ4v) is 3.28. The molecular formula is C22H19NO5. The lowest BCUT2D eigenvalue weighted by atomic mass is 9.88. The third kappa shape index (κ3) is 3.49. The number of ether oxygens (including phenoxy) is 2. The number of esters is 1. The number of rotatable bonds is 5. The molecule has 0 saturated heterocycles. The molecule has 142 valence electrons. The van der Waals surface area contributed by atoms with Gasteiger partial charge in [0.25, 0.3) is 5.91 Å². The molecule has 4 rings (SSSR count). The Kier molecular flexibility index (Phi) is 4.85. The van der Waals surface area contributed by atoms with Crippen LogP contribution in [0.2, 0.25) is 0 Å². The van der Waals surface area contributed by atoms with Crippen molar-refractivity contribution in [2.45, 2.75) is 18.9 Å². The lowest BCUT2D eigenvalue weighted by molar-refractivity contribution is -0.149. The Morgan fingerprint density at radius 3 is 2.25 bits per heavy atom. The summed E-state index contributed by atoms with van der Waals surface area (Å²) in [5.74, 6) is 0.316. The van der Waals surface area contributed by atoms with Crippen molar-refractivity contribution in [3.8, 4) is 11.5 Å². The molecule has 28 heavy (non-hydrogen) atoms. The van der Waals surface area contributed by atoms with E-state index in [1.807, 2.05) is 48.5 Å². The first-order chi connectivity index (χ1) is 13.6. The Morgan fingerprint density at radius 2 is 1.64 bits per heavy atom. The van der Waals surface area contributed by atoms with Crippen molar-refractivity contribution in [1.82, 2.24) is 5.32 Å². The second kappa shape index (κ2) is 7.60. The van der Waals surface area contributed by atoms with Crippen LogP contribution in [0.4, 0.5) is 0 Å². The molecule has 2 heterocycles. The molecule has 0 spiro atoms. The van der Waals surface area contributed by atoms with E-state index < -0.39 is 17.8 Å². The third-order valence-electron chi connectivity index (χ3n) is 4.61. The van der Waals surface area contributed by atoms with Crippen LogP contribution >= 0.6 is 0 Å². The van der Waals surface area contributed by atoms with Gasteiger partial charge in [-0.15, -0.1) is 0 Å². The second-order valence-corrected chi connectivity index (χ2v) is 6.52. The zero-order chi connectivity index (χ0) is 19.5. The fourth-order valence-electron chi connectivity index (χ4n) is 3.28. The normalized spacial score (nSPS) is 13.6. The molecule has 1 aromatic heterocycles. The molecule has 1 atom stereocenters. The van der Waals surface area contributed by atoms with E-state index in [1.54, 1.807) is 19.1 Å². The number of nitrogens with one attached hydrogen (secondary N) is 1. The Labute approximate surface area is 162 Å². The zero-order valence-corrected chi connectivity index (χ0v) is 15.3. The van der Waals surface area contributed by atoms with Crippen molar-refractivity contribution in [2.75, 3.05) is 6.61 Å². The summed E-state index contributed by atoms with van der Waals surface area (Å²) in [6.07, 6.45) is 1.54. The predicted octanol–water partition coefficient (Wildman–Crippen LogP) is 3.94. The molecule has 0 saturated carbocycles. The first-order valence-corrected chi connectivity index (χ1v) is 8.98.